The van der Waals surface area contributed by atoms with Crippen molar-refractivity contribution in [1.29, 1.82) is 5.26 Å². The number of rotatable bonds is 3. The summed E-state index contributed by atoms with van der Waals surface area (Å²) in [5, 5.41) is 9.13. The number of hydrogen-bond acceptors (Lipinski definition) is 5. The number of nitriles is 1. The highest BCUT2D eigenvalue weighted by Gasteiger charge is 2.17. The number of nitrogens with zero attached hydrogens (tertiary/aromatic N) is 3. The highest BCUT2D eigenvalue weighted by molar-refractivity contribution is 5.73. The maximum atomic E-state index is 9.13. The average Bonchev–Trinajstić information content (AvgIpc) is 2.74. The minimum absolute atomic E-state index is 0.157. The predicted octanol–water partition coefficient (Wildman–Crippen LogP) is 1.85. The van der Waals surface area contributed by atoms with Crippen molar-refractivity contribution >= 4 is 5.82 Å². The van der Waals surface area contributed by atoms with Crippen LogP contribution < -0.4 is 16.3 Å². The molecule has 0 saturated carbocycles. The fourth-order valence-corrected chi connectivity index (χ4v) is 2.03. The van der Waals surface area contributed by atoms with E-state index in [1.807, 2.05) is 19.9 Å². The number of aromatic nitrogens is 2. The van der Waals surface area contributed by atoms with E-state index in [1.54, 1.807) is 12.1 Å². The molecule has 0 unspecified atom stereocenters. The molecular formula is C14H17N5O. The molecule has 4 N–H and O–H groups in total. The van der Waals surface area contributed by atoms with E-state index in [4.69, 9.17) is 21.6 Å². The first-order valence-electron chi connectivity index (χ1n) is 6.21. The van der Waals surface area contributed by atoms with Crippen molar-refractivity contribution in [2.45, 2.75) is 19.8 Å². The van der Waals surface area contributed by atoms with E-state index in [-0.39, 0.29) is 5.92 Å². The Kier molecular flexibility index (Phi) is 3.53. The van der Waals surface area contributed by atoms with Gasteiger partial charge >= 0.3 is 0 Å². The van der Waals surface area contributed by atoms with Gasteiger partial charge in [-0.15, -0.1) is 0 Å². The third kappa shape index (κ3) is 2.14. The van der Waals surface area contributed by atoms with Gasteiger partial charge in [-0.2, -0.15) is 5.26 Å². The molecule has 0 fully saturated rings. The van der Waals surface area contributed by atoms with Gasteiger partial charge in [0, 0.05) is 11.5 Å². The number of methoxy groups -OCH3 is 1. The summed E-state index contributed by atoms with van der Waals surface area (Å²) in [5.74, 6) is 7.66. The lowest BCUT2D eigenvalue weighted by Gasteiger charge is -2.05. The summed E-state index contributed by atoms with van der Waals surface area (Å²) >= 11 is 0. The van der Waals surface area contributed by atoms with Gasteiger partial charge in [-0.05, 0) is 18.2 Å². The van der Waals surface area contributed by atoms with Gasteiger partial charge < -0.3 is 16.3 Å². The number of benzene rings is 1. The zero-order chi connectivity index (χ0) is 14.9. The number of anilines is 1. The third-order valence-electron chi connectivity index (χ3n) is 3.09. The average molecular weight is 271 g/mol. The highest BCUT2D eigenvalue weighted by atomic mass is 16.5. The monoisotopic (exact) mass is 271 g/mol. The van der Waals surface area contributed by atoms with Crippen LogP contribution in [0.2, 0.25) is 0 Å². The van der Waals surface area contributed by atoms with Gasteiger partial charge in [-0.25, -0.2) is 9.66 Å². The molecular weight excluding hydrogens is 254 g/mol. The summed E-state index contributed by atoms with van der Waals surface area (Å²) < 4.78 is 6.51. The SMILES string of the molecule is COc1ccc(-c2nc(C(C)C)n(N)c2N)cc1C#N. The second-order valence-corrected chi connectivity index (χ2v) is 4.76. The van der Waals surface area contributed by atoms with E-state index in [9.17, 15) is 0 Å². The first-order chi connectivity index (χ1) is 9.49. The lowest BCUT2D eigenvalue weighted by Crippen LogP contribution is -2.16. The quantitative estimate of drug-likeness (QED) is 0.829. The van der Waals surface area contributed by atoms with Crippen LogP contribution in [0.3, 0.4) is 0 Å². The summed E-state index contributed by atoms with van der Waals surface area (Å²) in [7, 11) is 1.52. The Hall–Kier alpha value is -2.68. The van der Waals surface area contributed by atoms with Crippen LogP contribution in [0, 0.1) is 11.3 Å². The fourth-order valence-electron chi connectivity index (χ4n) is 2.03. The minimum Gasteiger partial charge on any atom is -0.495 e. The van der Waals surface area contributed by atoms with Gasteiger partial charge in [0.15, 0.2) is 5.82 Å². The van der Waals surface area contributed by atoms with Crippen LogP contribution in [0.4, 0.5) is 5.82 Å². The number of imidazole rings is 1. The maximum absolute atomic E-state index is 9.13. The molecule has 1 aromatic carbocycles. The van der Waals surface area contributed by atoms with E-state index in [1.165, 1.54) is 11.8 Å². The van der Waals surface area contributed by atoms with Crippen molar-refractivity contribution in [2.24, 2.45) is 0 Å². The second kappa shape index (κ2) is 5.13. The molecule has 6 nitrogen and oxygen atoms in total. The zero-order valence-electron chi connectivity index (χ0n) is 11.7. The van der Waals surface area contributed by atoms with Gasteiger partial charge in [-0.3, -0.25) is 0 Å². The van der Waals surface area contributed by atoms with Crippen LogP contribution >= 0.6 is 0 Å². The molecule has 0 spiro atoms. The van der Waals surface area contributed by atoms with Gasteiger partial charge in [-0.1, -0.05) is 13.8 Å². The van der Waals surface area contributed by atoms with Gasteiger partial charge in [0.25, 0.3) is 0 Å². The molecule has 1 heterocycles. The summed E-state index contributed by atoms with van der Waals surface area (Å²) in [4.78, 5) is 4.47. The molecule has 0 aliphatic heterocycles. The van der Waals surface area contributed by atoms with Gasteiger partial charge in [0.1, 0.15) is 23.3 Å². The summed E-state index contributed by atoms with van der Waals surface area (Å²) in [6.07, 6.45) is 0. The molecule has 2 rings (SSSR count). The predicted molar refractivity (Wildman–Crippen MR) is 77.6 cm³/mol. The molecule has 0 bridgehead atoms. The molecule has 6 heteroatoms. The minimum atomic E-state index is 0.157. The Morgan fingerprint density at radius 3 is 2.60 bits per heavy atom. The van der Waals surface area contributed by atoms with E-state index >= 15 is 0 Å². The van der Waals surface area contributed by atoms with Gasteiger partial charge in [0.05, 0.1) is 12.7 Å². The molecule has 20 heavy (non-hydrogen) atoms. The molecule has 0 amide bonds. The van der Waals surface area contributed by atoms with Crippen molar-refractivity contribution in [3.63, 3.8) is 0 Å². The highest BCUT2D eigenvalue weighted by Crippen LogP contribution is 2.30. The first-order valence-corrected chi connectivity index (χ1v) is 6.21. The molecule has 0 saturated heterocycles. The van der Waals surface area contributed by atoms with Crippen LogP contribution in [0.15, 0.2) is 18.2 Å². The van der Waals surface area contributed by atoms with Crippen molar-refractivity contribution < 1.29 is 4.74 Å². The molecule has 2 aromatic rings. The van der Waals surface area contributed by atoms with Crippen LogP contribution in [0.5, 0.6) is 5.75 Å². The molecule has 0 aliphatic carbocycles. The third-order valence-corrected chi connectivity index (χ3v) is 3.09. The molecule has 0 atom stereocenters. The van der Waals surface area contributed by atoms with Crippen molar-refractivity contribution in [3.05, 3.63) is 29.6 Å². The van der Waals surface area contributed by atoms with Gasteiger partial charge in [0.2, 0.25) is 0 Å². The molecule has 0 aliphatic rings. The summed E-state index contributed by atoms with van der Waals surface area (Å²) in [6, 6.07) is 7.31. The summed E-state index contributed by atoms with van der Waals surface area (Å²) in [6.45, 7) is 3.98. The van der Waals surface area contributed by atoms with Crippen molar-refractivity contribution in [1.82, 2.24) is 9.66 Å². The molecule has 104 valence electrons. The number of nitrogens with two attached hydrogens (primary N) is 2. The summed E-state index contributed by atoms with van der Waals surface area (Å²) in [5.41, 5.74) is 7.75. The largest absolute Gasteiger partial charge is 0.495 e. The number of ether oxygens (including phenoxy) is 1. The standard InChI is InChI=1S/C14H17N5O/c1-8(2)14-18-12(13(16)19(14)17)9-4-5-11(20-3)10(6-9)7-15/h4-6,8H,16-17H2,1-3H3. The van der Waals surface area contributed by atoms with E-state index in [0.717, 1.165) is 5.56 Å². The Morgan fingerprint density at radius 2 is 2.10 bits per heavy atom. The smallest absolute Gasteiger partial charge is 0.150 e. The van der Waals surface area contributed by atoms with E-state index in [2.05, 4.69) is 11.1 Å². The second-order valence-electron chi connectivity index (χ2n) is 4.76. The van der Waals surface area contributed by atoms with Crippen LogP contribution in [-0.4, -0.2) is 16.8 Å². The van der Waals surface area contributed by atoms with Crippen molar-refractivity contribution in [2.75, 3.05) is 18.7 Å². The first kappa shape index (κ1) is 13.7. The maximum Gasteiger partial charge on any atom is 0.150 e. The van der Waals surface area contributed by atoms with Crippen LogP contribution in [0.25, 0.3) is 11.3 Å². The van der Waals surface area contributed by atoms with E-state index in [0.29, 0.717) is 28.6 Å². The molecule has 0 radical (unpaired) electrons. The Bertz CT molecular complexity index is 682. The number of hydrogen-bond donors (Lipinski definition) is 2. The Labute approximate surface area is 117 Å². The normalized spacial score (nSPS) is 10.6. The number of nitrogen functional groups attached to an aromatic ring is 2. The van der Waals surface area contributed by atoms with Crippen LogP contribution in [0.1, 0.15) is 31.2 Å². The lowest BCUT2D eigenvalue weighted by atomic mass is 10.1. The lowest BCUT2D eigenvalue weighted by molar-refractivity contribution is 0.413. The topological polar surface area (TPSA) is 103 Å². The Balaban J connectivity index is 2.58. The zero-order valence-corrected chi connectivity index (χ0v) is 11.7. The Morgan fingerprint density at radius 1 is 1.40 bits per heavy atom. The van der Waals surface area contributed by atoms with Crippen molar-refractivity contribution in [3.8, 4) is 23.1 Å². The van der Waals surface area contributed by atoms with Crippen LogP contribution in [-0.2, 0) is 0 Å². The molecule has 1 aromatic heterocycles. The van der Waals surface area contributed by atoms with E-state index < -0.39 is 0 Å². The fraction of sp³-hybridized carbons (Fsp3) is 0.286.